The van der Waals surface area contributed by atoms with E-state index >= 15 is 0 Å². The Hall–Kier alpha value is -2.99. The van der Waals surface area contributed by atoms with Crippen LogP contribution in [0, 0.1) is 13.0 Å². The molecule has 0 amide bonds. The predicted molar refractivity (Wildman–Crippen MR) is 103 cm³/mol. The van der Waals surface area contributed by atoms with Crippen LogP contribution in [0.4, 0.5) is 10.2 Å². The van der Waals surface area contributed by atoms with Crippen LogP contribution in [-0.4, -0.2) is 47.5 Å². The number of halogens is 1. The fourth-order valence-corrected chi connectivity index (χ4v) is 3.80. The number of benzene rings is 1. The lowest BCUT2D eigenvalue weighted by Crippen LogP contribution is -2.25. The Labute approximate surface area is 165 Å². The van der Waals surface area contributed by atoms with E-state index in [0.717, 1.165) is 11.1 Å². The minimum Gasteiger partial charge on any atom is -0.454 e. The lowest BCUT2D eigenvalue weighted by Gasteiger charge is -2.11. The third kappa shape index (κ3) is 3.68. The topological polar surface area (TPSA) is 134 Å². The van der Waals surface area contributed by atoms with Crippen molar-refractivity contribution < 1.29 is 22.3 Å². The van der Waals surface area contributed by atoms with Crippen molar-refractivity contribution in [3.8, 4) is 11.5 Å². The fraction of sp³-hybridized carbons (Fsp3) is 0.353. The van der Waals surface area contributed by atoms with Crippen LogP contribution in [0.15, 0.2) is 12.1 Å². The van der Waals surface area contributed by atoms with Crippen molar-refractivity contribution >= 4 is 27.0 Å². The minimum atomic E-state index is -3.49. The molecule has 29 heavy (non-hydrogen) atoms. The van der Waals surface area contributed by atoms with E-state index in [9.17, 15) is 12.8 Å². The highest BCUT2D eigenvalue weighted by atomic mass is 32.2. The molecule has 3 aromatic rings. The zero-order valence-electron chi connectivity index (χ0n) is 15.8. The molecule has 12 heteroatoms. The first-order valence-electron chi connectivity index (χ1n) is 8.76. The van der Waals surface area contributed by atoms with E-state index in [1.807, 2.05) is 19.1 Å². The van der Waals surface area contributed by atoms with Crippen molar-refractivity contribution in [2.75, 3.05) is 25.3 Å². The Kier molecular flexibility index (Phi) is 4.74. The molecule has 2 aromatic heterocycles. The van der Waals surface area contributed by atoms with E-state index in [0.29, 0.717) is 23.7 Å². The van der Waals surface area contributed by atoms with Crippen molar-refractivity contribution in [3.05, 3.63) is 35.2 Å². The van der Waals surface area contributed by atoms with Gasteiger partial charge >= 0.3 is 6.08 Å². The van der Waals surface area contributed by atoms with Gasteiger partial charge in [0, 0.05) is 13.0 Å². The summed E-state index contributed by atoms with van der Waals surface area (Å²) in [7, 11) is -2.16. The molecule has 0 radical (unpaired) electrons. The highest BCUT2D eigenvalue weighted by Gasteiger charge is 2.21. The third-order valence-electron chi connectivity index (χ3n) is 4.75. The molecular weight excluding hydrogens is 403 g/mol. The van der Waals surface area contributed by atoms with Crippen LogP contribution in [0.3, 0.4) is 0 Å². The Bertz CT molecular complexity index is 1210. The molecular formula is C17H19FN6O4S. The van der Waals surface area contributed by atoms with Gasteiger partial charge in [0.2, 0.25) is 16.8 Å². The maximum atomic E-state index is 13.8. The largest absolute Gasteiger partial charge is 0.454 e. The molecule has 1 aromatic carbocycles. The number of aryl methyl sites for hydroxylation is 2. The van der Waals surface area contributed by atoms with E-state index < -0.39 is 16.1 Å². The van der Waals surface area contributed by atoms with Gasteiger partial charge in [-0.1, -0.05) is 0 Å². The number of nitrogens with one attached hydrogen (secondary N) is 1. The SMILES string of the molecule is CNS(=O)(=O)CCn1c(Cc2cc3c(cc2C)OCO3)nc2c(N)nc(F)nc21. The Morgan fingerprint density at radius 3 is 2.69 bits per heavy atom. The Balaban J connectivity index is 1.79. The Morgan fingerprint density at radius 2 is 1.97 bits per heavy atom. The number of hydrogen-bond acceptors (Lipinski definition) is 8. The maximum Gasteiger partial charge on any atom is 0.312 e. The van der Waals surface area contributed by atoms with Gasteiger partial charge in [-0.2, -0.15) is 14.4 Å². The van der Waals surface area contributed by atoms with E-state index in [4.69, 9.17) is 15.2 Å². The number of imidazole rings is 1. The molecule has 1 aliphatic rings. The van der Waals surface area contributed by atoms with E-state index in [2.05, 4.69) is 19.7 Å². The molecule has 0 bridgehead atoms. The molecule has 3 heterocycles. The molecule has 0 saturated heterocycles. The molecule has 10 nitrogen and oxygen atoms in total. The third-order valence-corrected chi connectivity index (χ3v) is 6.09. The molecule has 0 fully saturated rings. The molecule has 0 spiro atoms. The standard InChI is InChI=1S/C17H19FN6O4S/c1-9-5-11-12(28-8-27-11)6-10(9)7-13-21-14-15(19)22-17(18)23-16(14)24(13)3-4-29(25,26)20-2/h5-6,20H,3-4,7-8H2,1-2H3,(H2,19,22,23). The number of aromatic nitrogens is 4. The first-order valence-corrected chi connectivity index (χ1v) is 10.4. The Morgan fingerprint density at radius 1 is 1.24 bits per heavy atom. The van der Waals surface area contributed by atoms with Crippen molar-refractivity contribution in [2.24, 2.45) is 0 Å². The van der Waals surface area contributed by atoms with Crippen LogP contribution >= 0.6 is 0 Å². The smallest absolute Gasteiger partial charge is 0.312 e. The van der Waals surface area contributed by atoms with Gasteiger partial charge in [0.05, 0.1) is 5.75 Å². The number of hydrogen-bond donors (Lipinski definition) is 2. The minimum absolute atomic E-state index is 0.0223. The molecule has 0 unspecified atom stereocenters. The second-order valence-corrected chi connectivity index (χ2v) is 8.61. The highest BCUT2D eigenvalue weighted by molar-refractivity contribution is 7.89. The highest BCUT2D eigenvalue weighted by Crippen LogP contribution is 2.35. The monoisotopic (exact) mass is 422 g/mol. The van der Waals surface area contributed by atoms with Gasteiger partial charge < -0.3 is 19.8 Å². The van der Waals surface area contributed by atoms with Gasteiger partial charge in [-0.3, -0.25) is 0 Å². The first kappa shape index (κ1) is 19.3. The molecule has 154 valence electrons. The lowest BCUT2D eigenvalue weighted by atomic mass is 10.0. The number of fused-ring (bicyclic) bond motifs is 2. The fourth-order valence-electron chi connectivity index (χ4n) is 3.17. The summed E-state index contributed by atoms with van der Waals surface area (Å²) >= 11 is 0. The van der Waals surface area contributed by atoms with Gasteiger partial charge in [-0.25, -0.2) is 18.1 Å². The summed E-state index contributed by atoms with van der Waals surface area (Å²) in [5.41, 5.74) is 8.02. The van der Waals surface area contributed by atoms with Gasteiger partial charge in [0.25, 0.3) is 0 Å². The molecule has 0 atom stereocenters. The van der Waals surface area contributed by atoms with E-state index in [-0.39, 0.29) is 36.1 Å². The van der Waals surface area contributed by atoms with Crippen molar-refractivity contribution in [2.45, 2.75) is 19.9 Å². The number of sulfonamides is 1. The number of nitrogen functional groups attached to an aromatic ring is 1. The van der Waals surface area contributed by atoms with Crippen molar-refractivity contribution in [3.63, 3.8) is 0 Å². The second-order valence-electron chi connectivity index (χ2n) is 6.56. The zero-order valence-corrected chi connectivity index (χ0v) is 16.6. The number of nitrogens with two attached hydrogens (primary N) is 1. The average molecular weight is 422 g/mol. The maximum absolute atomic E-state index is 13.8. The average Bonchev–Trinajstić information content (AvgIpc) is 3.24. The van der Waals surface area contributed by atoms with Gasteiger partial charge in [-0.15, -0.1) is 0 Å². The van der Waals surface area contributed by atoms with Gasteiger partial charge in [0.1, 0.15) is 5.82 Å². The van der Waals surface area contributed by atoms with Crippen LogP contribution < -0.4 is 19.9 Å². The van der Waals surface area contributed by atoms with E-state index in [1.165, 1.54) is 7.05 Å². The van der Waals surface area contributed by atoms with Gasteiger partial charge in [-0.05, 0) is 37.2 Å². The lowest BCUT2D eigenvalue weighted by molar-refractivity contribution is 0.174. The molecule has 3 N–H and O–H groups in total. The number of nitrogens with zero attached hydrogens (tertiary/aromatic N) is 4. The summed E-state index contributed by atoms with van der Waals surface area (Å²) in [5.74, 6) is 1.44. The van der Waals surface area contributed by atoms with E-state index in [1.54, 1.807) is 4.57 Å². The quantitative estimate of drug-likeness (QED) is 0.555. The van der Waals surface area contributed by atoms with Gasteiger partial charge in [0.15, 0.2) is 28.5 Å². The number of rotatable bonds is 6. The molecule has 0 aliphatic carbocycles. The van der Waals surface area contributed by atoms with Crippen molar-refractivity contribution in [1.82, 2.24) is 24.2 Å². The first-order chi connectivity index (χ1) is 13.8. The van der Waals surface area contributed by atoms with Crippen LogP contribution in [0.2, 0.25) is 0 Å². The van der Waals surface area contributed by atoms with Crippen LogP contribution in [-0.2, 0) is 23.0 Å². The summed E-state index contributed by atoms with van der Waals surface area (Å²) in [5, 5.41) is 0. The predicted octanol–water partition coefficient (Wildman–Crippen LogP) is 0.725. The summed E-state index contributed by atoms with van der Waals surface area (Å²) < 4.78 is 52.2. The summed E-state index contributed by atoms with van der Waals surface area (Å²) in [6, 6.07) is 3.71. The molecule has 4 rings (SSSR count). The van der Waals surface area contributed by atoms with Crippen LogP contribution in [0.5, 0.6) is 11.5 Å². The number of anilines is 1. The van der Waals surface area contributed by atoms with Crippen molar-refractivity contribution in [1.29, 1.82) is 0 Å². The van der Waals surface area contributed by atoms with Crippen LogP contribution in [0.1, 0.15) is 17.0 Å². The zero-order chi connectivity index (χ0) is 20.8. The molecule has 0 saturated carbocycles. The second kappa shape index (κ2) is 7.12. The normalized spacial score (nSPS) is 13.3. The summed E-state index contributed by atoms with van der Waals surface area (Å²) in [4.78, 5) is 11.8. The summed E-state index contributed by atoms with van der Waals surface area (Å²) in [6.45, 7) is 2.10. The van der Waals surface area contributed by atoms with Crippen LogP contribution in [0.25, 0.3) is 11.2 Å². The summed E-state index contributed by atoms with van der Waals surface area (Å²) in [6.07, 6.45) is -0.669. The molecule has 1 aliphatic heterocycles. The number of ether oxygens (including phenoxy) is 2.